The molecule has 2 aromatic carbocycles. The van der Waals surface area contributed by atoms with E-state index in [1.165, 1.54) is 5.56 Å². The Labute approximate surface area is 164 Å². The first kappa shape index (κ1) is 19.1. The van der Waals surface area contributed by atoms with Crippen LogP contribution in [0.3, 0.4) is 0 Å². The van der Waals surface area contributed by atoms with Gasteiger partial charge in [-0.3, -0.25) is 0 Å². The van der Waals surface area contributed by atoms with Crippen molar-refractivity contribution in [3.05, 3.63) is 58.1 Å². The van der Waals surface area contributed by atoms with Gasteiger partial charge in [0.2, 0.25) is 5.88 Å². The molecule has 1 N–H and O–H groups in total. The summed E-state index contributed by atoms with van der Waals surface area (Å²) in [7, 11) is 5.31. The number of hydrogen-bond donors (Lipinski definition) is 1. The fraction of sp³-hybridized carbons (Fsp3) is 0.286. The Morgan fingerprint density at radius 3 is 2.56 bits per heavy atom. The number of halogens is 1. The molecule has 0 atom stereocenters. The Hall–Kier alpha value is -2.66. The van der Waals surface area contributed by atoms with E-state index in [4.69, 9.17) is 21.1 Å². The number of nitrogens with one attached hydrogen (secondary N) is 1. The highest BCUT2D eigenvalue weighted by molar-refractivity contribution is 6.34. The monoisotopic (exact) mass is 385 g/mol. The Morgan fingerprint density at radius 2 is 1.93 bits per heavy atom. The zero-order valence-electron chi connectivity index (χ0n) is 16.3. The second-order valence-corrected chi connectivity index (χ2v) is 6.79. The fourth-order valence-electron chi connectivity index (χ4n) is 3.13. The van der Waals surface area contributed by atoms with Crippen LogP contribution in [-0.2, 0) is 13.7 Å². The number of aromatic nitrogens is 2. The average Bonchev–Trinajstić information content (AvgIpc) is 2.94. The second-order valence-electron chi connectivity index (χ2n) is 6.42. The van der Waals surface area contributed by atoms with E-state index < -0.39 is 0 Å². The molecule has 0 unspecified atom stereocenters. The number of nitrogens with zero attached hydrogens (tertiary/aromatic N) is 2. The maximum atomic E-state index is 6.40. The van der Waals surface area contributed by atoms with Gasteiger partial charge in [0.05, 0.1) is 7.11 Å². The highest BCUT2D eigenvalue weighted by Gasteiger charge is 2.17. The van der Waals surface area contributed by atoms with Gasteiger partial charge in [0.15, 0.2) is 0 Å². The minimum atomic E-state index is 0.501. The largest absolute Gasteiger partial charge is 0.489 e. The fourth-order valence-corrected chi connectivity index (χ4v) is 3.47. The highest BCUT2D eigenvalue weighted by Crippen LogP contribution is 2.36. The topological polar surface area (TPSA) is 48.3 Å². The van der Waals surface area contributed by atoms with Crippen molar-refractivity contribution in [1.29, 1.82) is 0 Å². The molecular weight excluding hydrogens is 362 g/mol. The van der Waals surface area contributed by atoms with Crippen LogP contribution in [0.5, 0.6) is 11.6 Å². The molecule has 3 rings (SSSR count). The molecule has 0 saturated heterocycles. The molecule has 6 heteroatoms. The predicted octanol–water partition coefficient (Wildman–Crippen LogP) is 4.99. The maximum Gasteiger partial charge on any atom is 0.231 e. The van der Waals surface area contributed by atoms with Gasteiger partial charge in [0.1, 0.15) is 23.1 Å². The first-order chi connectivity index (χ1) is 13.0. The summed E-state index contributed by atoms with van der Waals surface area (Å²) in [4.78, 5) is 0. The van der Waals surface area contributed by atoms with Crippen LogP contribution >= 0.6 is 11.6 Å². The normalized spacial score (nSPS) is 10.7. The molecule has 0 aliphatic heterocycles. The molecule has 0 aliphatic carbocycles. The zero-order valence-corrected chi connectivity index (χ0v) is 17.0. The number of rotatable bonds is 6. The number of ether oxygens (including phenoxy) is 2. The number of benzene rings is 2. The molecule has 0 amide bonds. The summed E-state index contributed by atoms with van der Waals surface area (Å²) in [5, 5.41) is 8.19. The van der Waals surface area contributed by atoms with Crippen molar-refractivity contribution >= 4 is 17.3 Å². The molecule has 27 heavy (non-hydrogen) atoms. The zero-order chi connectivity index (χ0) is 19.6. The molecule has 0 fully saturated rings. The van der Waals surface area contributed by atoms with Gasteiger partial charge >= 0.3 is 0 Å². The third-order valence-electron chi connectivity index (χ3n) is 4.63. The van der Waals surface area contributed by atoms with Crippen molar-refractivity contribution in [3.63, 3.8) is 0 Å². The Kier molecular flexibility index (Phi) is 5.61. The van der Waals surface area contributed by atoms with Gasteiger partial charge in [0, 0.05) is 30.9 Å². The number of aryl methyl sites for hydroxylation is 3. The first-order valence-electron chi connectivity index (χ1n) is 8.72. The minimum Gasteiger partial charge on any atom is -0.489 e. The smallest absolute Gasteiger partial charge is 0.231 e. The SMILES string of the molecule is CNc1cccc(C)c1COc1ccc(-c2nn(C)c(OC)c2Cl)cc1C. The Bertz CT molecular complexity index is 966. The number of hydrogen-bond acceptors (Lipinski definition) is 4. The summed E-state index contributed by atoms with van der Waals surface area (Å²) in [6.45, 7) is 4.61. The van der Waals surface area contributed by atoms with E-state index >= 15 is 0 Å². The lowest BCUT2D eigenvalue weighted by Crippen LogP contribution is -2.03. The molecule has 0 spiro atoms. The summed E-state index contributed by atoms with van der Waals surface area (Å²) in [5.74, 6) is 1.38. The van der Waals surface area contributed by atoms with E-state index in [1.807, 2.05) is 38.2 Å². The Morgan fingerprint density at radius 1 is 1.15 bits per heavy atom. The maximum absolute atomic E-state index is 6.40. The van der Waals surface area contributed by atoms with Gasteiger partial charge in [-0.1, -0.05) is 23.7 Å². The quantitative estimate of drug-likeness (QED) is 0.649. The van der Waals surface area contributed by atoms with E-state index in [0.717, 1.165) is 28.1 Å². The van der Waals surface area contributed by atoms with Crippen LogP contribution in [0.1, 0.15) is 16.7 Å². The van der Waals surface area contributed by atoms with Gasteiger partial charge in [-0.05, 0) is 49.2 Å². The minimum absolute atomic E-state index is 0.501. The van der Waals surface area contributed by atoms with Crippen molar-refractivity contribution < 1.29 is 9.47 Å². The van der Waals surface area contributed by atoms with Crippen LogP contribution in [0.15, 0.2) is 36.4 Å². The van der Waals surface area contributed by atoms with Crippen molar-refractivity contribution in [2.45, 2.75) is 20.5 Å². The lowest BCUT2D eigenvalue weighted by molar-refractivity contribution is 0.304. The molecular formula is C21H24ClN3O2. The van der Waals surface area contributed by atoms with Gasteiger partial charge in [0.25, 0.3) is 0 Å². The molecule has 0 saturated carbocycles. The summed E-state index contributed by atoms with van der Waals surface area (Å²) in [5.41, 5.74) is 6.08. The average molecular weight is 386 g/mol. The molecule has 142 valence electrons. The standard InChI is InChI=1S/C21H24ClN3O2/c1-13-7-6-8-17(23-3)16(13)12-27-18-10-9-15(11-14(18)2)20-19(22)21(26-5)25(4)24-20/h6-11,23H,12H2,1-5H3. The van der Waals surface area contributed by atoms with Crippen LogP contribution in [-0.4, -0.2) is 23.9 Å². The van der Waals surface area contributed by atoms with Crippen LogP contribution in [0.4, 0.5) is 5.69 Å². The molecule has 0 aliphatic rings. The molecule has 5 nitrogen and oxygen atoms in total. The predicted molar refractivity (Wildman–Crippen MR) is 110 cm³/mol. The molecule has 1 heterocycles. The van der Waals surface area contributed by atoms with Crippen LogP contribution in [0, 0.1) is 13.8 Å². The molecule has 3 aromatic rings. The molecule has 1 aromatic heterocycles. The summed E-state index contributed by atoms with van der Waals surface area (Å²) >= 11 is 6.40. The van der Waals surface area contributed by atoms with Crippen molar-refractivity contribution in [2.75, 3.05) is 19.5 Å². The van der Waals surface area contributed by atoms with E-state index in [0.29, 0.717) is 23.2 Å². The lowest BCUT2D eigenvalue weighted by Gasteiger charge is -2.15. The van der Waals surface area contributed by atoms with Crippen LogP contribution in [0.25, 0.3) is 11.3 Å². The van der Waals surface area contributed by atoms with Gasteiger partial charge in [-0.25, -0.2) is 4.68 Å². The second kappa shape index (κ2) is 7.92. The molecule has 0 bridgehead atoms. The third-order valence-corrected chi connectivity index (χ3v) is 4.97. The van der Waals surface area contributed by atoms with Crippen molar-refractivity contribution in [2.24, 2.45) is 7.05 Å². The highest BCUT2D eigenvalue weighted by atomic mass is 35.5. The first-order valence-corrected chi connectivity index (χ1v) is 9.10. The van der Waals surface area contributed by atoms with Gasteiger partial charge in [-0.2, -0.15) is 5.10 Å². The van der Waals surface area contributed by atoms with Gasteiger partial charge < -0.3 is 14.8 Å². The van der Waals surface area contributed by atoms with Crippen molar-refractivity contribution in [1.82, 2.24) is 9.78 Å². The van der Waals surface area contributed by atoms with Gasteiger partial charge in [-0.15, -0.1) is 0 Å². The third kappa shape index (κ3) is 3.74. The van der Waals surface area contributed by atoms with Crippen LogP contribution in [0.2, 0.25) is 5.02 Å². The van der Waals surface area contributed by atoms with E-state index in [1.54, 1.807) is 18.8 Å². The Balaban J connectivity index is 1.84. The van der Waals surface area contributed by atoms with E-state index in [2.05, 4.69) is 29.5 Å². The summed E-state index contributed by atoms with van der Waals surface area (Å²) < 4.78 is 13.0. The number of anilines is 1. The summed E-state index contributed by atoms with van der Waals surface area (Å²) in [6, 6.07) is 12.1. The molecule has 0 radical (unpaired) electrons. The van der Waals surface area contributed by atoms with Crippen LogP contribution < -0.4 is 14.8 Å². The number of methoxy groups -OCH3 is 1. The van der Waals surface area contributed by atoms with E-state index in [-0.39, 0.29) is 0 Å². The lowest BCUT2D eigenvalue weighted by atomic mass is 10.1. The van der Waals surface area contributed by atoms with E-state index in [9.17, 15) is 0 Å². The van der Waals surface area contributed by atoms with Crippen molar-refractivity contribution in [3.8, 4) is 22.9 Å². The summed E-state index contributed by atoms with van der Waals surface area (Å²) in [6.07, 6.45) is 0.